The van der Waals surface area contributed by atoms with Crippen LogP contribution in [0.2, 0.25) is 0 Å². The average molecular weight is 476 g/mol. The van der Waals surface area contributed by atoms with E-state index in [1.807, 2.05) is 36.7 Å². The maximum atomic E-state index is 4.47. The van der Waals surface area contributed by atoms with Gasteiger partial charge in [0.2, 0.25) is 0 Å². The van der Waals surface area contributed by atoms with E-state index < -0.39 is 0 Å². The molecule has 2 aromatic heterocycles. The van der Waals surface area contributed by atoms with Crippen LogP contribution in [-0.2, 0) is 29.9 Å². The molecule has 0 fully saturated rings. The van der Waals surface area contributed by atoms with E-state index >= 15 is 0 Å². The van der Waals surface area contributed by atoms with Crippen molar-refractivity contribution >= 4 is 5.69 Å². The van der Waals surface area contributed by atoms with Crippen molar-refractivity contribution in [1.29, 1.82) is 0 Å². The van der Waals surface area contributed by atoms with Gasteiger partial charge in [-0.25, -0.2) is 0 Å². The maximum absolute atomic E-state index is 4.47. The molecule has 0 spiro atoms. The molecule has 0 amide bonds. The number of hydrogen-bond acceptors (Lipinski definition) is 4. The van der Waals surface area contributed by atoms with Gasteiger partial charge in [0.05, 0.1) is 11.4 Å². The minimum atomic E-state index is 0. The van der Waals surface area contributed by atoms with Crippen LogP contribution in [-0.4, -0.2) is 28.0 Å². The molecule has 3 aromatic rings. The number of hydrogen-bond donors (Lipinski definition) is 1. The molecule has 0 saturated carbocycles. The third-order valence-electron chi connectivity index (χ3n) is 4.43. The Bertz CT molecular complexity index is 758. The van der Waals surface area contributed by atoms with Crippen molar-refractivity contribution in [1.82, 2.24) is 14.9 Å². The second-order valence-electron chi connectivity index (χ2n) is 6.55. The van der Waals surface area contributed by atoms with Gasteiger partial charge in [-0.1, -0.05) is 30.3 Å². The zero-order chi connectivity index (χ0) is 18.2. The molecule has 157 valence electrons. The fourth-order valence-corrected chi connectivity index (χ4v) is 3.09. The van der Waals surface area contributed by atoms with Crippen molar-refractivity contribution in [3.63, 3.8) is 0 Å². The standard InChI is InChI=1S/C22H26N4.2ClH.Co/c1-18-8-7-9-19(2)22(18)25-14-15-26(16-20-10-3-5-12-23-20)17-21-11-4-6-13-24-21;;;/h3-13,25H,14-17H2,1-2H3;2*1H;/q;;;+2/p-2. The Labute approximate surface area is 196 Å². The topological polar surface area (TPSA) is 41.0 Å². The quantitative estimate of drug-likeness (QED) is 0.418. The van der Waals surface area contributed by atoms with Gasteiger partial charge in [0, 0.05) is 44.3 Å². The Balaban J connectivity index is 0.00000261. The molecule has 0 bridgehead atoms. The number of aryl methyl sites for hydroxylation is 2. The van der Waals surface area contributed by atoms with Crippen LogP contribution in [0.15, 0.2) is 67.0 Å². The van der Waals surface area contributed by atoms with E-state index in [-0.39, 0.29) is 41.6 Å². The number of aromatic nitrogens is 2. The molecular weight excluding hydrogens is 450 g/mol. The van der Waals surface area contributed by atoms with Crippen LogP contribution in [0, 0.1) is 13.8 Å². The van der Waals surface area contributed by atoms with E-state index in [0.29, 0.717) is 0 Å². The monoisotopic (exact) mass is 475 g/mol. The molecule has 3 rings (SSSR count). The number of benzene rings is 1. The summed E-state index contributed by atoms with van der Waals surface area (Å²) in [4.78, 5) is 11.3. The van der Waals surface area contributed by atoms with Crippen molar-refractivity contribution in [2.75, 3.05) is 18.4 Å². The van der Waals surface area contributed by atoms with Crippen LogP contribution in [0.4, 0.5) is 5.69 Å². The molecule has 0 saturated heterocycles. The fraction of sp³-hybridized carbons (Fsp3) is 0.273. The summed E-state index contributed by atoms with van der Waals surface area (Å²) >= 11 is 0. The average Bonchev–Trinajstić information content (AvgIpc) is 2.66. The molecule has 29 heavy (non-hydrogen) atoms. The van der Waals surface area contributed by atoms with Crippen molar-refractivity contribution in [3.8, 4) is 0 Å². The molecule has 4 nitrogen and oxygen atoms in total. The fourth-order valence-electron chi connectivity index (χ4n) is 3.09. The summed E-state index contributed by atoms with van der Waals surface area (Å²) < 4.78 is 0. The van der Waals surface area contributed by atoms with E-state index in [9.17, 15) is 0 Å². The summed E-state index contributed by atoms with van der Waals surface area (Å²) in [7, 11) is 0. The van der Waals surface area contributed by atoms with Gasteiger partial charge in [0.15, 0.2) is 0 Å². The summed E-state index contributed by atoms with van der Waals surface area (Å²) in [6.07, 6.45) is 3.70. The van der Waals surface area contributed by atoms with E-state index in [1.165, 1.54) is 16.8 Å². The molecule has 0 atom stereocenters. The van der Waals surface area contributed by atoms with E-state index in [4.69, 9.17) is 0 Å². The number of pyridine rings is 2. The van der Waals surface area contributed by atoms with Crippen molar-refractivity contribution in [3.05, 3.63) is 89.5 Å². The zero-order valence-corrected chi connectivity index (χ0v) is 19.2. The van der Waals surface area contributed by atoms with Gasteiger partial charge in [-0.3, -0.25) is 14.9 Å². The first-order valence-corrected chi connectivity index (χ1v) is 9.04. The van der Waals surface area contributed by atoms with E-state index in [0.717, 1.165) is 37.6 Å². The smallest absolute Gasteiger partial charge is 1.00 e. The van der Waals surface area contributed by atoms with Gasteiger partial charge in [-0.2, -0.15) is 0 Å². The first-order valence-electron chi connectivity index (χ1n) is 9.04. The van der Waals surface area contributed by atoms with Crippen molar-refractivity contribution in [2.45, 2.75) is 26.9 Å². The molecule has 0 aliphatic carbocycles. The minimum absolute atomic E-state index is 0. The minimum Gasteiger partial charge on any atom is -1.00 e. The van der Waals surface area contributed by atoms with Crippen molar-refractivity contribution < 1.29 is 41.6 Å². The molecule has 7 heteroatoms. The summed E-state index contributed by atoms with van der Waals surface area (Å²) in [5.74, 6) is 0. The van der Waals surface area contributed by atoms with Crippen LogP contribution < -0.4 is 30.1 Å². The SMILES string of the molecule is Cc1cccc(C)c1NCCN(Cc1ccccn1)Cc1ccccn1.[Cl-].[Cl-].[Co+2]. The number of para-hydroxylation sites is 1. The molecule has 1 N–H and O–H groups in total. The van der Waals surface area contributed by atoms with Gasteiger partial charge in [-0.15, -0.1) is 0 Å². The first-order chi connectivity index (χ1) is 12.7. The van der Waals surface area contributed by atoms with Gasteiger partial charge < -0.3 is 30.1 Å². The van der Waals surface area contributed by atoms with Gasteiger partial charge in [-0.05, 0) is 49.2 Å². The van der Waals surface area contributed by atoms with Gasteiger partial charge in [0.25, 0.3) is 0 Å². The second-order valence-corrected chi connectivity index (χ2v) is 6.55. The number of nitrogens with zero attached hydrogens (tertiary/aromatic N) is 3. The predicted molar refractivity (Wildman–Crippen MR) is 107 cm³/mol. The third-order valence-corrected chi connectivity index (χ3v) is 4.43. The number of rotatable bonds is 8. The Kier molecular flexibility index (Phi) is 13.6. The molecular formula is C22H26Cl2CoN4. The van der Waals surface area contributed by atoms with Crippen LogP contribution in [0.25, 0.3) is 0 Å². The summed E-state index contributed by atoms with van der Waals surface area (Å²) in [5.41, 5.74) is 5.96. The second kappa shape index (κ2) is 14.4. The summed E-state index contributed by atoms with van der Waals surface area (Å²) in [6.45, 7) is 7.72. The molecule has 0 aliphatic heterocycles. The maximum Gasteiger partial charge on any atom is 2.00 e. The third kappa shape index (κ3) is 8.72. The number of halogens is 2. The number of nitrogens with one attached hydrogen (secondary N) is 1. The first kappa shape index (κ1) is 27.4. The Hall–Kier alpha value is -1.63. The van der Waals surface area contributed by atoms with Crippen LogP contribution in [0.5, 0.6) is 0 Å². The number of anilines is 1. The molecule has 0 unspecified atom stereocenters. The van der Waals surface area contributed by atoms with Gasteiger partial charge in [0.1, 0.15) is 0 Å². The van der Waals surface area contributed by atoms with E-state index in [2.05, 4.69) is 64.4 Å². The summed E-state index contributed by atoms with van der Waals surface area (Å²) in [6, 6.07) is 18.5. The molecule has 2 heterocycles. The Morgan fingerprint density at radius 2 is 1.28 bits per heavy atom. The zero-order valence-electron chi connectivity index (χ0n) is 16.6. The van der Waals surface area contributed by atoms with Crippen LogP contribution in [0.1, 0.15) is 22.5 Å². The van der Waals surface area contributed by atoms with Crippen molar-refractivity contribution in [2.24, 2.45) is 0 Å². The normalized spacial score (nSPS) is 9.76. The Morgan fingerprint density at radius 3 is 1.72 bits per heavy atom. The molecule has 0 aliphatic rings. The predicted octanol–water partition coefficient (Wildman–Crippen LogP) is -1.79. The summed E-state index contributed by atoms with van der Waals surface area (Å²) in [5, 5.41) is 3.60. The largest absolute Gasteiger partial charge is 2.00 e. The Morgan fingerprint density at radius 1 is 0.759 bits per heavy atom. The van der Waals surface area contributed by atoms with Crippen LogP contribution in [0.3, 0.4) is 0 Å². The van der Waals surface area contributed by atoms with Gasteiger partial charge >= 0.3 is 16.8 Å². The molecule has 1 radical (unpaired) electrons. The van der Waals surface area contributed by atoms with E-state index in [1.54, 1.807) is 0 Å². The molecule has 1 aromatic carbocycles. The van der Waals surface area contributed by atoms with Crippen LogP contribution >= 0.6 is 0 Å².